The van der Waals surface area contributed by atoms with Crippen LogP contribution in [0.15, 0.2) is 33.4 Å². The maximum Gasteiger partial charge on any atom is 0.252 e. The van der Waals surface area contributed by atoms with Gasteiger partial charge in [-0.05, 0) is 50.7 Å². The average Bonchev–Trinajstić information content (AvgIpc) is 3.55. The molecule has 2 fully saturated rings. The van der Waals surface area contributed by atoms with Crippen molar-refractivity contribution in [3.63, 3.8) is 0 Å². The molecule has 0 radical (unpaired) electrons. The van der Waals surface area contributed by atoms with Gasteiger partial charge in [-0.3, -0.25) is 14.2 Å². The summed E-state index contributed by atoms with van der Waals surface area (Å²) >= 11 is 2.97. The van der Waals surface area contributed by atoms with Crippen LogP contribution in [0.3, 0.4) is 0 Å². The smallest absolute Gasteiger partial charge is 0.252 e. The standard InChI is InChI=1S/C24H28N6O2S2/c1-33-23-25-12-15(13-31)21(28-23)26-16-8-7-14(11-16)20-18-9-10-19(32)30(17-5-3-4-6-17)22(18)29-24(27-20)34-2/h9-10,12-14,16-17H,3-8,11H2,1-2H3,(H,25,26,28). The van der Waals surface area contributed by atoms with Crippen LogP contribution in [0.25, 0.3) is 11.0 Å². The van der Waals surface area contributed by atoms with E-state index in [0.717, 1.165) is 68.0 Å². The van der Waals surface area contributed by atoms with Gasteiger partial charge in [0.15, 0.2) is 16.6 Å². The van der Waals surface area contributed by atoms with Crippen LogP contribution in [0.5, 0.6) is 0 Å². The molecule has 10 heteroatoms. The number of fused-ring (bicyclic) bond motifs is 1. The molecule has 0 saturated heterocycles. The van der Waals surface area contributed by atoms with E-state index in [9.17, 15) is 9.59 Å². The summed E-state index contributed by atoms with van der Waals surface area (Å²) in [6.45, 7) is 0. The zero-order valence-electron chi connectivity index (χ0n) is 19.4. The third-order valence-electron chi connectivity index (χ3n) is 6.93. The minimum absolute atomic E-state index is 0.0248. The molecule has 3 aromatic rings. The molecule has 34 heavy (non-hydrogen) atoms. The number of anilines is 1. The Morgan fingerprint density at radius 1 is 1.03 bits per heavy atom. The highest BCUT2D eigenvalue weighted by Crippen LogP contribution is 2.39. The van der Waals surface area contributed by atoms with E-state index < -0.39 is 0 Å². The van der Waals surface area contributed by atoms with E-state index in [0.29, 0.717) is 21.7 Å². The number of nitrogens with zero attached hydrogens (tertiary/aromatic N) is 5. The van der Waals surface area contributed by atoms with Gasteiger partial charge in [0.1, 0.15) is 11.5 Å². The van der Waals surface area contributed by atoms with Gasteiger partial charge in [0, 0.05) is 35.7 Å². The fourth-order valence-electron chi connectivity index (χ4n) is 5.28. The number of rotatable bonds is 7. The summed E-state index contributed by atoms with van der Waals surface area (Å²) in [6, 6.07) is 3.98. The van der Waals surface area contributed by atoms with Gasteiger partial charge in [0.25, 0.3) is 5.56 Å². The number of carbonyl (C=O) groups is 1. The minimum atomic E-state index is 0.0248. The van der Waals surface area contributed by atoms with Crippen molar-refractivity contribution in [3.8, 4) is 0 Å². The van der Waals surface area contributed by atoms with E-state index in [2.05, 4.69) is 15.3 Å². The van der Waals surface area contributed by atoms with Gasteiger partial charge in [-0.15, -0.1) is 0 Å². The lowest BCUT2D eigenvalue weighted by Crippen LogP contribution is -2.24. The Labute approximate surface area is 206 Å². The van der Waals surface area contributed by atoms with Gasteiger partial charge >= 0.3 is 0 Å². The van der Waals surface area contributed by atoms with E-state index in [-0.39, 0.29) is 23.6 Å². The number of aldehydes is 1. The van der Waals surface area contributed by atoms with Gasteiger partial charge in [0.05, 0.1) is 11.3 Å². The summed E-state index contributed by atoms with van der Waals surface area (Å²) in [7, 11) is 0. The van der Waals surface area contributed by atoms with Crippen LogP contribution in [0.1, 0.15) is 73.0 Å². The molecule has 2 atom stereocenters. The number of carbonyl (C=O) groups excluding carboxylic acids is 1. The fourth-order valence-corrected chi connectivity index (χ4v) is 5.99. The second-order valence-corrected chi connectivity index (χ2v) is 10.5. The Kier molecular flexibility index (Phi) is 6.87. The van der Waals surface area contributed by atoms with Crippen molar-refractivity contribution in [2.75, 3.05) is 17.8 Å². The normalized spacial score (nSPS) is 20.8. The van der Waals surface area contributed by atoms with Crippen LogP contribution < -0.4 is 10.9 Å². The summed E-state index contributed by atoms with van der Waals surface area (Å²) < 4.78 is 1.92. The zero-order chi connectivity index (χ0) is 23.7. The Morgan fingerprint density at radius 2 is 1.82 bits per heavy atom. The van der Waals surface area contributed by atoms with Crippen LogP contribution in [-0.4, -0.2) is 49.3 Å². The topological polar surface area (TPSA) is 103 Å². The molecule has 3 aromatic heterocycles. The van der Waals surface area contributed by atoms with Gasteiger partial charge in [-0.25, -0.2) is 19.9 Å². The molecule has 178 valence electrons. The van der Waals surface area contributed by atoms with E-state index in [1.165, 1.54) is 23.5 Å². The van der Waals surface area contributed by atoms with Crippen LogP contribution >= 0.6 is 23.5 Å². The van der Waals surface area contributed by atoms with Crippen LogP contribution in [-0.2, 0) is 0 Å². The average molecular weight is 497 g/mol. The second kappa shape index (κ2) is 10.0. The predicted molar refractivity (Wildman–Crippen MR) is 136 cm³/mol. The predicted octanol–water partition coefficient (Wildman–Crippen LogP) is 4.70. The lowest BCUT2D eigenvalue weighted by Gasteiger charge is -2.20. The molecule has 2 unspecified atom stereocenters. The number of pyridine rings is 1. The summed E-state index contributed by atoms with van der Waals surface area (Å²) in [4.78, 5) is 42.8. The maximum absolute atomic E-state index is 12.9. The van der Waals surface area contributed by atoms with Crippen molar-refractivity contribution in [2.45, 2.75) is 73.3 Å². The third kappa shape index (κ3) is 4.45. The van der Waals surface area contributed by atoms with Crippen molar-refractivity contribution in [3.05, 3.63) is 39.9 Å². The lowest BCUT2D eigenvalue weighted by molar-refractivity contribution is 0.112. The molecular formula is C24H28N6O2S2. The number of hydrogen-bond donors (Lipinski definition) is 1. The molecule has 0 aliphatic heterocycles. The largest absolute Gasteiger partial charge is 0.367 e. The SMILES string of the molecule is CSc1ncc(C=O)c(NC2CCC(c3nc(SC)nc4c3ccc(=O)n4C3CCCC3)C2)n1. The van der Waals surface area contributed by atoms with E-state index >= 15 is 0 Å². The van der Waals surface area contributed by atoms with Crippen LogP contribution in [0, 0.1) is 0 Å². The Balaban J connectivity index is 1.48. The van der Waals surface area contributed by atoms with Gasteiger partial charge in [-0.1, -0.05) is 36.4 Å². The first kappa shape index (κ1) is 23.3. The van der Waals surface area contributed by atoms with Gasteiger partial charge < -0.3 is 5.32 Å². The highest BCUT2D eigenvalue weighted by Gasteiger charge is 2.31. The van der Waals surface area contributed by atoms with Gasteiger partial charge in [0.2, 0.25) is 0 Å². The van der Waals surface area contributed by atoms with Crippen molar-refractivity contribution < 1.29 is 4.79 Å². The second-order valence-electron chi connectivity index (χ2n) is 8.94. The maximum atomic E-state index is 12.9. The highest BCUT2D eigenvalue weighted by atomic mass is 32.2. The van der Waals surface area contributed by atoms with Gasteiger partial charge in [-0.2, -0.15) is 0 Å². The number of thioether (sulfide) groups is 2. The molecule has 0 spiro atoms. The molecule has 1 N–H and O–H groups in total. The van der Waals surface area contributed by atoms with Crippen molar-refractivity contribution >= 4 is 46.7 Å². The first-order valence-corrected chi connectivity index (χ1v) is 14.2. The number of nitrogens with one attached hydrogen (secondary N) is 1. The summed E-state index contributed by atoms with van der Waals surface area (Å²) in [6.07, 6.45) is 13.4. The van der Waals surface area contributed by atoms with Crippen molar-refractivity contribution in [1.82, 2.24) is 24.5 Å². The molecule has 2 saturated carbocycles. The van der Waals surface area contributed by atoms with Crippen molar-refractivity contribution in [2.24, 2.45) is 0 Å². The summed E-state index contributed by atoms with van der Waals surface area (Å²) in [5.74, 6) is 0.831. The molecule has 0 amide bonds. The Hall–Kier alpha value is -2.46. The molecule has 0 bridgehead atoms. The van der Waals surface area contributed by atoms with Crippen molar-refractivity contribution in [1.29, 1.82) is 0 Å². The first-order chi connectivity index (χ1) is 16.6. The molecule has 0 aromatic carbocycles. The fraction of sp³-hybridized carbons (Fsp3) is 0.500. The minimum Gasteiger partial charge on any atom is -0.367 e. The van der Waals surface area contributed by atoms with Crippen LogP contribution in [0.4, 0.5) is 5.82 Å². The Morgan fingerprint density at radius 3 is 2.56 bits per heavy atom. The molecule has 2 aliphatic rings. The molecule has 8 nitrogen and oxygen atoms in total. The highest BCUT2D eigenvalue weighted by molar-refractivity contribution is 7.98. The van der Waals surface area contributed by atoms with E-state index in [1.54, 1.807) is 12.3 Å². The molecule has 2 aliphatic carbocycles. The zero-order valence-corrected chi connectivity index (χ0v) is 21.0. The monoisotopic (exact) mass is 496 g/mol. The lowest BCUT2D eigenvalue weighted by atomic mass is 10.00. The molecular weight excluding hydrogens is 468 g/mol. The van der Waals surface area contributed by atoms with E-state index in [1.807, 2.05) is 23.1 Å². The van der Waals surface area contributed by atoms with E-state index in [4.69, 9.17) is 9.97 Å². The number of aromatic nitrogens is 5. The third-order valence-corrected chi connectivity index (χ3v) is 8.04. The van der Waals surface area contributed by atoms with Crippen LogP contribution in [0.2, 0.25) is 0 Å². The quantitative estimate of drug-likeness (QED) is 0.283. The Bertz CT molecular complexity index is 1270. The summed E-state index contributed by atoms with van der Waals surface area (Å²) in [5.41, 5.74) is 2.29. The first-order valence-electron chi connectivity index (χ1n) is 11.7. The molecule has 3 heterocycles. The number of hydrogen-bond acceptors (Lipinski definition) is 9. The summed E-state index contributed by atoms with van der Waals surface area (Å²) in [5, 5.41) is 5.81. The molecule has 5 rings (SSSR count).